The van der Waals surface area contributed by atoms with Crippen LogP contribution in [-0.2, 0) is 55.1 Å². The summed E-state index contributed by atoms with van der Waals surface area (Å²) >= 11 is 0. The van der Waals surface area contributed by atoms with E-state index in [0.29, 0.717) is 25.9 Å². The maximum Gasteiger partial charge on any atom is 0.408 e. The highest BCUT2D eigenvalue weighted by atomic mass is 31.2. The maximum atomic E-state index is 14.6. The molecule has 2 fully saturated rings. The lowest BCUT2D eigenvalue weighted by Gasteiger charge is -2.56. The van der Waals surface area contributed by atoms with Crippen LogP contribution in [0.1, 0.15) is 119 Å². The molecule has 0 unspecified atom stereocenters. The third-order valence-electron chi connectivity index (χ3n) is 11.8. The van der Waals surface area contributed by atoms with Gasteiger partial charge in [0.1, 0.15) is 35.4 Å². The van der Waals surface area contributed by atoms with Crippen molar-refractivity contribution in [1.29, 1.82) is 0 Å². The van der Waals surface area contributed by atoms with Crippen molar-refractivity contribution in [1.82, 2.24) is 36.4 Å². The van der Waals surface area contributed by atoms with Crippen molar-refractivity contribution in [2.24, 2.45) is 5.92 Å². The monoisotopic (exact) mass is 998 g/mol. The minimum atomic E-state index is -3.74. The van der Waals surface area contributed by atoms with Gasteiger partial charge in [0.25, 0.3) is 0 Å². The smallest absolute Gasteiger partial charge is 0.408 e. The van der Waals surface area contributed by atoms with Crippen LogP contribution in [0.2, 0.25) is 0 Å². The molecule has 0 radical (unpaired) electrons. The van der Waals surface area contributed by atoms with Crippen LogP contribution < -0.4 is 26.6 Å². The average molecular weight is 998 g/mol. The van der Waals surface area contributed by atoms with Crippen molar-refractivity contribution in [2.45, 2.75) is 161 Å². The van der Waals surface area contributed by atoms with Gasteiger partial charge in [-0.2, -0.15) is 0 Å². The minimum Gasteiger partial charge on any atom is -0.444 e. The van der Waals surface area contributed by atoms with E-state index in [-0.39, 0.29) is 64.4 Å². The Labute approximate surface area is 415 Å². The zero-order valence-electron chi connectivity index (χ0n) is 43.1. The van der Waals surface area contributed by atoms with Gasteiger partial charge in [0, 0.05) is 19.4 Å². The van der Waals surface area contributed by atoms with Gasteiger partial charge in [0.05, 0.1) is 26.3 Å². The van der Waals surface area contributed by atoms with Gasteiger partial charge in [0.2, 0.25) is 23.6 Å². The fourth-order valence-electron chi connectivity index (χ4n) is 8.56. The van der Waals surface area contributed by atoms with Crippen LogP contribution in [0.4, 0.5) is 9.59 Å². The molecule has 0 saturated carbocycles. The summed E-state index contributed by atoms with van der Waals surface area (Å²) in [6.45, 7) is 19.8. The number of unbranched alkanes of at least 4 members (excludes halogenated alkanes) is 1. The molecular formula is C51H80N7O11P. The fourth-order valence-corrected chi connectivity index (χ4v) is 11.0. The van der Waals surface area contributed by atoms with E-state index in [1.807, 2.05) is 74.5 Å². The number of ether oxygens (including phenoxy) is 2. The Kier molecular flexibility index (Phi) is 21.7. The molecule has 6 amide bonds. The molecule has 2 saturated heterocycles. The molecule has 5 N–H and O–H groups in total. The average Bonchev–Trinajstić information content (AvgIpc) is 3.79. The highest BCUT2D eigenvalue weighted by Gasteiger charge is 2.64. The number of alkyl carbamates (subject to hydrolysis) is 2. The van der Waals surface area contributed by atoms with Crippen LogP contribution in [0.3, 0.4) is 0 Å². The molecule has 0 aliphatic carbocycles. The Morgan fingerprint density at radius 2 is 1.10 bits per heavy atom. The van der Waals surface area contributed by atoms with Crippen molar-refractivity contribution >= 4 is 43.4 Å². The van der Waals surface area contributed by atoms with E-state index in [4.69, 9.17) is 18.5 Å². The Morgan fingerprint density at radius 3 is 1.59 bits per heavy atom. The van der Waals surface area contributed by atoms with Crippen molar-refractivity contribution in [3.05, 3.63) is 71.8 Å². The van der Waals surface area contributed by atoms with E-state index < -0.39 is 84.1 Å². The first kappa shape index (κ1) is 57.5. The second-order valence-electron chi connectivity index (χ2n) is 20.5. The molecular weight excluding hydrogens is 918 g/mol. The molecule has 2 aliphatic rings. The zero-order valence-corrected chi connectivity index (χ0v) is 44.0. The van der Waals surface area contributed by atoms with Gasteiger partial charge in [-0.25, -0.2) is 9.59 Å². The van der Waals surface area contributed by atoms with Crippen molar-refractivity contribution < 1.29 is 51.9 Å². The molecule has 390 valence electrons. The first-order valence-electron chi connectivity index (χ1n) is 24.9. The lowest BCUT2D eigenvalue weighted by molar-refractivity contribution is -0.146. The summed E-state index contributed by atoms with van der Waals surface area (Å²) in [5.74, 6) is -2.38. The molecule has 4 rings (SSSR count). The second-order valence-corrected chi connectivity index (χ2v) is 22.9. The number of benzene rings is 2. The van der Waals surface area contributed by atoms with Crippen LogP contribution in [0.15, 0.2) is 60.7 Å². The van der Waals surface area contributed by atoms with Crippen LogP contribution in [0, 0.1) is 5.92 Å². The molecule has 19 heteroatoms. The van der Waals surface area contributed by atoms with E-state index in [1.165, 1.54) is 0 Å². The number of hydrogen-bond acceptors (Lipinski definition) is 12. The molecule has 0 aromatic heterocycles. The highest BCUT2D eigenvalue weighted by Crippen LogP contribution is 2.65. The summed E-state index contributed by atoms with van der Waals surface area (Å²) in [6, 6.07) is 13.7. The zero-order chi connectivity index (χ0) is 51.7. The van der Waals surface area contributed by atoms with Crippen molar-refractivity contribution in [2.75, 3.05) is 45.9 Å². The number of nitrogens with zero attached hydrogens (tertiary/aromatic N) is 2. The third kappa shape index (κ3) is 17.7. The van der Waals surface area contributed by atoms with Gasteiger partial charge < -0.3 is 50.0 Å². The van der Waals surface area contributed by atoms with Crippen molar-refractivity contribution in [3.8, 4) is 0 Å². The van der Waals surface area contributed by atoms with Gasteiger partial charge in [-0.1, -0.05) is 74.5 Å². The summed E-state index contributed by atoms with van der Waals surface area (Å²) in [6.07, 6.45) is 1.84. The molecule has 2 aromatic carbocycles. The Hall–Kier alpha value is -5.03. The molecule has 18 nitrogen and oxygen atoms in total. The van der Waals surface area contributed by atoms with Crippen molar-refractivity contribution in [3.63, 3.8) is 0 Å². The number of likely N-dealkylation sites (tertiary alicyclic amines) is 2. The van der Waals surface area contributed by atoms with Crippen LogP contribution in [-0.4, -0.2) is 132 Å². The Bertz CT molecular complexity index is 2060. The fraction of sp³-hybridized carbons (Fsp3) is 0.647. The van der Waals surface area contributed by atoms with Gasteiger partial charge in [-0.15, -0.1) is 0 Å². The molecule has 0 spiro atoms. The van der Waals surface area contributed by atoms with Crippen LogP contribution in [0.25, 0.3) is 0 Å². The van der Waals surface area contributed by atoms with Gasteiger partial charge >= 0.3 is 19.8 Å². The van der Waals surface area contributed by atoms with E-state index >= 15 is 0 Å². The normalized spacial score (nSPS) is 16.8. The predicted molar refractivity (Wildman–Crippen MR) is 268 cm³/mol. The third-order valence-corrected chi connectivity index (χ3v) is 14.5. The maximum absolute atomic E-state index is 14.6. The summed E-state index contributed by atoms with van der Waals surface area (Å²) in [4.78, 5) is 87.1. The minimum absolute atomic E-state index is 0.0540. The van der Waals surface area contributed by atoms with E-state index in [2.05, 4.69) is 31.5 Å². The summed E-state index contributed by atoms with van der Waals surface area (Å²) in [5, 5.41) is 13.1. The molecule has 70 heavy (non-hydrogen) atoms. The van der Waals surface area contributed by atoms with Crippen LogP contribution >= 0.6 is 7.60 Å². The number of carbonyl (C=O) groups is 6. The largest absolute Gasteiger partial charge is 0.444 e. The van der Waals surface area contributed by atoms with E-state index in [0.717, 1.165) is 24.0 Å². The Morgan fingerprint density at radius 1 is 0.643 bits per heavy atom. The Balaban J connectivity index is 1.60. The van der Waals surface area contributed by atoms with Gasteiger partial charge in [-0.05, 0) is 124 Å². The highest BCUT2D eigenvalue weighted by molar-refractivity contribution is 7.55. The molecule has 2 heterocycles. The molecule has 4 atom stereocenters. The standard InChI is InChI=1S/C51H80N7O11P/c1-11-66-70(65,67-12-2)51(58-29-21-22-30-58)34-57(35-51)46(62)39(27-19-20-28-52-47(63)68-49(5,6)7)53-43(59)40(31-36(3)4)54-44(60)41(32-37-23-15-13-16-24-37)55-45(61)42(33-38-25-17-14-18-26-38)56-48(64)69-50(8,9)10/h13-18,23-26,36,39-42H,11-12,19-22,27-35H2,1-10H3,(H,52,63)(H,53,59)(H,54,60)(H,55,61)(H,56,64)/t39-,40-,41-,42-/m1/s1. The summed E-state index contributed by atoms with van der Waals surface area (Å²) in [5.41, 5.74) is -0.0255. The molecule has 2 aromatic rings. The quantitative estimate of drug-likeness (QED) is 0.0534. The van der Waals surface area contributed by atoms with E-state index in [9.17, 15) is 33.3 Å². The van der Waals surface area contributed by atoms with E-state index in [1.54, 1.807) is 60.3 Å². The molecule has 2 aliphatic heterocycles. The number of amides is 6. The number of nitrogens with one attached hydrogen (secondary N) is 5. The number of rotatable bonds is 25. The number of hydrogen-bond donors (Lipinski definition) is 5. The predicted octanol–water partition coefficient (Wildman–Crippen LogP) is 6.46. The lowest BCUT2D eigenvalue weighted by atomic mass is 9.98. The number of carbonyl (C=O) groups excluding carboxylic acids is 6. The van der Waals surface area contributed by atoms with Crippen LogP contribution in [0.5, 0.6) is 0 Å². The second kappa shape index (κ2) is 26.4. The van der Waals surface area contributed by atoms with Gasteiger partial charge in [-0.3, -0.25) is 28.6 Å². The molecule has 0 bridgehead atoms. The first-order chi connectivity index (χ1) is 33.0. The SMILES string of the molecule is CCOP(=O)(OCC)C1(N2CCCC2)CN(C(=O)[C@@H](CCCCNC(=O)OC(C)(C)C)NC(=O)[C@@H](CC(C)C)NC(=O)[C@@H](Cc2ccccc2)NC(=O)[C@@H](Cc2ccccc2)NC(=O)OC(C)(C)C)C1. The summed E-state index contributed by atoms with van der Waals surface area (Å²) in [7, 11) is -3.74. The lowest BCUT2D eigenvalue weighted by Crippen LogP contribution is -2.72. The topological polar surface area (TPSA) is 223 Å². The summed E-state index contributed by atoms with van der Waals surface area (Å²) < 4.78 is 37.2. The van der Waals surface area contributed by atoms with Gasteiger partial charge in [0.15, 0.2) is 5.28 Å². The first-order valence-corrected chi connectivity index (χ1v) is 26.4.